The normalized spacial score (nSPS) is 18.7. The molecule has 3 aromatic rings. The van der Waals surface area contributed by atoms with Crippen LogP contribution in [0.25, 0.3) is 10.9 Å². The molecule has 1 aliphatic carbocycles. The fourth-order valence-electron chi connectivity index (χ4n) is 4.23. The van der Waals surface area contributed by atoms with Crippen molar-refractivity contribution in [3.05, 3.63) is 53.1 Å². The topological polar surface area (TPSA) is 62.3 Å². The summed E-state index contributed by atoms with van der Waals surface area (Å²) in [5.41, 5.74) is 2.06. The van der Waals surface area contributed by atoms with Crippen LogP contribution in [0.5, 0.6) is 5.75 Å². The third-order valence-electron chi connectivity index (χ3n) is 5.89. The Morgan fingerprint density at radius 2 is 1.77 bits per heavy atom. The highest BCUT2D eigenvalue weighted by Crippen LogP contribution is 2.27. The number of hydrogen-bond donors (Lipinski definition) is 2. The van der Waals surface area contributed by atoms with Crippen LogP contribution in [-0.4, -0.2) is 43.3 Å². The van der Waals surface area contributed by atoms with E-state index >= 15 is 0 Å². The summed E-state index contributed by atoms with van der Waals surface area (Å²) < 4.78 is 5.45. The second-order valence-corrected chi connectivity index (χ2v) is 8.75. The Hall–Kier alpha value is -2.57. The summed E-state index contributed by atoms with van der Waals surface area (Å²) in [6, 6.07) is 14.8. The lowest BCUT2D eigenvalue weighted by Crippen LogP contribution is -2.37. The highest BCUT2D eigenvalue weighted by molar-refractivity contribution is 6.30. The number of methoxy groups -OCH3 is 1. The average Bonchev–Trinajstić information content (AvgIpc) is 2.78. The van der Waals surface area contributed by atoms with Crippen LogP contribution in [0.1, 0.15) is 31.2 Å². The Labute approximate surface area is 189 Å². The zero-order valence-corrected chi connectivity index (χ0v) is 19.1. The first-order chi connectivity index (χ1) is 15.0. The van der Waals surface area contributed by atoms with Crippen LogP contribution in [-0.2, 0) is 6.54 Å². The Bertz CT molecular complexity index is 1030. The number of rotatable bonds is 7. The van der Waals surface area contributed by atoms with Crippen molar-refractivity contribution in [2.75, 3.05) is 31.4 Å². The fourth-order valence-corrected chi connectivity index (χ4v) is 4.42. The Kier molecular flexibility index (Phi) is 6.78. The molecule has 6 nitrogen and oxygen atoms in total. The van der Waals surface area contributed by atoms with Gasteiger partial charge in [-0.3, -0.25) is 0 Å². The largest absolute Gasteiger partial charge is 0.496 e. The zero-order valence-electron chi connectivity index (χ0n) is 18.4. The summed E-state index contributed by atoms with van der Waals surface area (Å²) in [7, 11) is 5.73. The van der Waals surface area contributed by atoms with E-state index in [0.717, 1.165) is 65.3 Å². The number of nitrogens with zero attached hydrogens (tertiary/aromatic N) is 3. The number of hydrogen-bond acceptors (Lipinski definition) is 6. The van der Waals surface area contributed by atoms with Gasteiger partial charge in [0.2, 0.25) is 5.95 Å². The molecule has 0 atom stereocenters. The van der Waals surface area contributed by atoms with Gasteiger partial charge in [0.05, 0.1) is 12.6 Å². The number of benzene rings is 2. The van der Waals surface area contributed by atoms with Gasteiger partial charge >= 0.3 is 0 Å². The summed E-state index contributed by atoms with van der Waals surface area (Å²) in [6.45, 7) is 0.756. The van der Waals surface area contributed by atoms with Gasteiger partial charge in [0.1, 0.15) is 11.6 Å². The number of fused-ring (bicyclic) bond motifs is 1. The minimum absolute atomic E-state index is 0.384. The van der Waals surface area contributed by atoms with Gasteiger partial charge in [-0.25, -0.2) is 4.98 Å². The van der Waals surface area contributed by atoms with Crippen molar-refractivity contribution >= 4 is 34.3 Å². The molecule has 0 bridgehead atoms. The van der Waals surface area contributed by atoms with E-state index in [9.17, 15) is 0 Å². The number of para-hydroxylation sites is 1. The Morgan fingerprint density at radius 3 is 2.52 bits per heavy atom. The van der Waals surface area contributed by atoms with Crippen molar-refractivity contribution in [1.82, 2.24) is 15.3 Å². The molecule has 2 aromatic carbocycles. The Balaban J connectivity index is 1.35. The summed E-state index contributed by atoms with van der Waals surface area (Å²) >= 11 is 6.15. The molecule has 1 aliphatic rings. The number of aromatic nitrogens is 2. The van der Waals surface area contributed by atoms with E-state index in [1.165, 1.54) is 0 Å². The highest BCUT2D eigenvalue weighted by atomic mass is 35.5. The number of ether oxygens (including phenoxy) is 1. The molecular weight excluding hydrogens is 410 g/mol. The Morgan fingerprint density at radius 1 is 1.03 bits per heavy atom. The van der Waals surface area contributed by atoms with Gasteiger partial charge in [0, 0.05) is 48.7 Å². The van der Waals surface area contributed by atoms with Gasteiger partial charge in [0.25, 0.3) is 0 Å². The molecule has 0 unspecified atom stereocenters. The summed E-state index contributed by atoms with van der Waals surface area (Å²) in [5, 5.41) is 9.05. The first-order valence-corrected chi connectivity index (χ1v) is 11.2. The van der Waals surface area contributed by atoms with Gasteiger partial charge in [0.15, 0.2) is 0 Å². The van der Waals surface area contributed by atoms with Crippen LogP contribution in [0.3, 0.4) is 0 Å². The van der Waals surface area contributed by atoms with E-state index in [1.54, 1.807) is 7.11 Å². The first kappa shape index (κ1) is 21.7. The first-order valence-electron chi connectivity index (χ1n) is 10.8. The van der Waals surface area contributed by atoms with E-state index in [-0.39, 0.29) is 0 Å². The maximum absolute atomic E-state index is 6.15. The van der Waals surface area contributed by atoms with E-state index in [0.29, 0.717) is 18.0 Å². The average molecular weight is 440 g/mol. The predicted octanol–water partition coefficient (Wildman–Crippen LogP) is 4.87. The zero-order chi connectivity index (χ0) is 21.8. The predicted molar refractivity (Wildman–Crippen MR) is 128 cm³/mol. The smallest absolute Gasteiger partial charge is 0.225 e. The van der Waals surface area contributed by atoms with Gasteiger partial charge in [-0.15, -0.1) is 0 Å². The second kappa shape index (κ2) is 9.71. The number of halogens is 1. The van der Waals surface area contributed by atoms with Crippen molar-refractivity contribution in [3.8, 4) is 5.75 Å². The minimum Gasteiger partial charge on any atom is -0.496 e. The second-order valence-electron chi connectivity index (χ2n) is 8.31. The molecule has 164 valence electrons. The van der Waals surface area contributed by atoms with Crippen LogP contribution >= 0.6 is 11.6 Å². The van der Waals surface area contributed by atoms with Crippen LogP contribution in [0.15, 0.2) is 42.5 Å². The van der Waals surface area contributed by atoms with Crippen molar-refractivity contribution < 1.29 is 4.74 Å². The van der Waals surface area contributed by atoms with Crippen molar-refractivity contribution in [2.45, 2.75) is 44.3 Å². The monoisotopic (exact) mass is 439 g/mol. The van der Waals surface area contributed by atoms with Crippen LogP contribution in [0.2, 0.25) is 5.02 Å². The number of nitrogens with one attached hydrogen (secondary N) is 2. The standard InChI is InChI=1S/C24H30ClN5O/c1-30(2)23-20-6-4-5-7-21(20)28-24(29-23)27-19-11-9-18(10-12-19)26-15-16-14-17(25)8-13-22(16)31-3/h4-8,13-14,18-19,26H,9-12,15H2,1-3H3,(H,27,28,29)/t18-,19+. The van der Waals surface area contributed by atoms with E-state index < -0.39 is 0 Å². The maximum Gasteiger partial charge on any atom is 0.225 e. The van der Waals surface area contributed by atoms with E-state index in [1.807, 2.05) is 55.4 Å². The SMILES string of the molecule is COc1ccc(Cl)cc1CN[C@H]1CC[C@@H](Nc2nc(N(C)C)c3ccccc3n2)CC1. The molecule has 4 rings (SSSR count). The van der Waals surface area contributed by atoms with Gasteiger partial charge in [-0.1, -0.05) is 23.7 Å². The van der Waals surface area contributed by atoms with Gasteiger partial charge < -0.3 is 20.3 Å². The van der Waals surface area contributed by atoms with Crippen molar-refractivity contribution in [1.29, 1.82) is 0 Å². The third-order valence-corrected chi connectivity index (χ3v) is 6.13. The molecule has 0 spiro atoms. The third kappa shape index (κ3) is 5.20. The van der Waals surface area contributed by atoms with Crippen molar-refractivity contribution in [3.63, 3.8) is 0 Å². The fraction of sp³-hybridized carbons (Fsp3) is 0.417. The highest BCUT2D eigenvalue weighted by Gasteiger charge is 2.22. The molecule has 31 heavy (non-hydrogen) atoms. The van der Waals surface area contributed by atoms with Crippen molar-refractivity contribution in [2.24, 2.45) is 0 Å². The van der Waals surface area contributed by atoms with Crippen LogP contribution < -0.4 is 20.3 Å². The summed E-state index contributed by atoms with van der Waals surface area (Å²) in [5.74, 6) is 2.53. The molecular formula is C24H30ClN5O. The molecule has 1 fully saturated rings. The lowest BCUT2D eigenvalue weighted by atomic mass is 9.91. The van der Waals surface area contributed by atoms with E-state index in [2.05, 4.69) is 16.7 Å². The molecule has 0 amide bonds. The van der Waals surface area contributed by atoms with Crippen LogP contribution in [0.4, 0.5) is 11.8 Å². The lowest BCUT2D eigenvalue weighted by molar-refractivity contribution is 0.348. The molecule has 0 saturated heterocycles. The molecule has 1 aromatic heterocycles. The lowest BCUT2D eigenvalue weighted by Gasteiger charge is -2.30. The number of anilines is 2. The maximum atomic E-state index is 6.15. The molecule has 2 N–H and O–H groups in total. The summed E-state index contributed by atoms with van der Waals surface area (Å²) in [4.78, 5) is 11.6. The van der Waals surface area contributed by atoms with E-state index in [4.69, 9.17) is 26.3 Å². The van der Waals surface area contributed by atoms with Crippen LogP contribution in [0, 0.1) is 0 Å². The van der Waals surface area contributed by atoms with Gasteiger partial charge in [-0.05, 0) is 56.0 Å². The molecule has 1 saturated carbocycles. The molecule has 1 heterocycles. The minimum atomic E-state index is 0.384. The molecule has 0 aliphatic heterocycles. The van der Waals surface area contributed by atoms with Gasteiger partial charge in [-0.2, -0.15) is 4.98 Å². The molecule has 7 heteroatoms. The molecule has 0 radical (unpaired) electrons. The summed E-state index contributed by atoms with van der Waals surface area (Å²) in [6.07, 6.45) is 4.37. The quantitative estimate of drug-likeness (QED) is 0.547.